The highest BCUT2D eigenvalue weighted by atomic mass is 32.2. The molecule has 2 aliphatic rings. The molecule has 0 radical (unpaired) electrons. The van der Waals surface area contributed by atoms with Gasteiger partial charge in [-0.05, 0) is 6.07 Å². The number of methoxy groups -OCH3 is 1. The Labute approximate surface area is 132 Å². The summed E-state index contributed by atoms with van der Waals surface area (Å²) >= 11 is 1.82. The Kier molecular flexibility index (Phi) is 3.98. The summed E-state index contributed by atoms with van der Waals surface area (Å²) in [5, 5.41) is 2.68. The summed E-state index contributed by atoms with van der Waals surface area (Å²) < 4.78 is 10.6. The van der Waals surface area contributed by atoms with Gasteiger partial charge in [0.1, 0.15) is 5.75 Å². The van der Waals surface area contributed by atoms with E-state index in [1.165, 1.54) is 7.11 Å². The Bertz CT molecular complexity index is 653. The Morgan fingerprint density at radius 1 is 1.41 bits per heavy atom. The predicted molar refractivity (Wildman–Crippen MR) is 84.6 cm³/mol. The summed E-state index contributed by atoms with van der Waals surface area (Å²) in [4.78, 5) is 26.3. The molecule has 0 bridgehead atoms. The summed E-state index contributed by atoms with van der Waals surface area (Å²) in [7, 11) is 1.52. The second-order valence-corrected chi connectivity index (χ2v) is 6.16. The third kappa shape index (κ3) is 2.64. The smallest absolute Gasteiger partial charge is 0.290 e. The van der Waals surface area contributed by atoms with Gasteiger partial charge in [-0.2, -0.15) is 11.8 Å². The fourth-order valence-corrected chi connectivity index (χ4v) is 3.29. The van der Waals surface area contributed by atoms with E-state index in [1.807, 2.05) is 11.8 Å². The molecule has 6 nitrogen and oxygen atoms in total. The molecule has 0 aromatic heterocycles. The molecule has 0 spiro atoms. The fraction of sp³-hybridized carbons (Fsp3) is 0.333. The molecule has 1 aromatic rings. The van der Waals surface area contributed by atoms with Crippen molar-refractivity contribution in [1.29, 1.82) is 0 Å². The number of nitrogens with one attached hydrogen (secondary N) is 1. The largest absolute Gasteiger partial charge is 0.497 e. The van der Waals surface area contributed by atoms with E-state index in [0.29, 0.717) is 35.8 Å². The van der Waals surface area contributed by atoms with Gasteiger partial charge in [0.2, 0.25) is 0 Å². The van der Waals surface area contributed by atoms with Crippen molar-refractivity contribution in [3.63, 3.8) is 0 Å². The molecular formula is C15H16N2O4S. The maximum Gasteiger partial charge on any atom is 0.290 e. The summed E-state index contributed by atoms with van der Waals surface area (Å²) in [6.07, 6.45) is 0. The van der Waals surface area contributed by atoms with Gasteiger partial charge >= 0.3 is 0 Å². The number of hydrogen-bond donors (Lipinski definition) is 1. The van der Waals surface area contributed by atoms with Crippen molar-refractivity contribution in [3.05, 3.63) is 30.0 Å². The van der Waals surface area contributed by atoms with Gasteiger partial charge in [0, 0.05) is 30.7 Å². The number of nitrogens with zero attached hydrogens (tertiary/aromatic N) is 1. The van der Waals surface area contributed by atoms with Gasteiger partial charge in [0.25, 0.3) is 11.8 Å². The topological polar surface area (TPSA) is 67.9 Å². The quantitative estimate of drug-likeness (QED) is 0.841. The lowest BCUT2D eigenvalue weighted by atomic mass is 10.1. The van der Waals surface area contributed by atoms with Crippen molar-refractivity contribution < 1.29 is 19.1 Å². The molecule has 0 atom stereocenters. The monoisotopic (exact) mass is 320 g/mol. The van der Waals surface area contributed by atoms with Gasteiger partial charge in [-0.15, -0.1) is 0 Å². The van der Waals surface area contributed by atoms with Crippen molar-refractivity contribution in [1.82, 2.24) is 4.90 Å². The van der Waals surface area contributed by atoms with Gasteiger partial charge in [0.05, 0.1) is 18.4 Å². The first kappa shape index (κ1) is 14.8. The third-order valence-electron chi connectivity index (χ3n) is 3.57. The van der Waals surface area contributed by atoms with Gasteiger partial charge in [-0.1, -0.05) is 6.58 Å². The second-order valence-electron chi connectivity index (χ2n) is 4.93. The molecule has 1 aromatic carbocycles. The molecule has 0 unspecified atom stereocenters. The Morgan fingerprint density at radius 2 is 2.14 bits per heavy atom. The number of amides is 2. The maximum absolute atomic E-state index is 12.8. The second kappa shape index (κ2) is 5.92. The van der Waals surface area contributed by atoms with Gasteiger partial charge in [-0.25, -0.2) is 0 Å². The normalized spacial score (nSPS) is 17.4. The van der Waals surface area contributed by atoms with E-state index in [2.05, 4.69) is 11.9 Å². The van der Waals surface area contributed by atoms with Crippen LogP contribution in [-0.4, -0.2) is 48.4 Å². The summed E-state index contributed by atoms with van der Waals surface area (Å²) in [5.74, 6) is 2.12. The Balaban J connectivity index is 2.02. The maximum atomic E-state index is 12.8. The first-order valence-electron chi connectivity index (χ1n) is 6.87. The molecule has 1 N–H and O–H groups in total. The number of carbonyl (C=O) groups is 2. The first-order valence-corrected chi connectivity index (χ1v) is 8.03. The lowest BCUT2D eigenvalue weighted by Crippen LogP contribution is -2.38. The molecule has 0 aliphatic carbocycles. The summed E-state index contributed by atoms with van der Waals surface area (Å²) in [6, 6.07) is 3.25. The molecular weight excluding hydrogens is 304 g/mol. The van der Waals surface area contributed by atoms with E-state index in [9.17, 15) is 9.59 Å². The zero-order valence-corrected chi connectivity index (χ0v) is 13.0. The highest BCUT2D eigenvalue weighted by Gasteiger charge is 2.29. The Morgan fingerprint density at radius 3 is 2.82 bits per heavy atom. The number of hydrogen-bond acceptors (Lipinski definition) is 5. The molecule has 7 heteroatoms. The van der Waals surface area contributed by atoms with Crippen molar-refractivity contribution in [2.24, 2.45) is 0 Å². The number of rotatable bonds is 2. The Hall–Kier alpha value is -2.15. The van der Waals surface area contributed by atoms with Crippen LogP contribution in [0.3, 0.4) is 0 Å². The third-order valence-corrected chi connectivity index (χ3v) is 4.51. The highest BCUT2D eigenvalue weighted by Crippen LogP contribution is 2.38. The van der Waals surface area contributed by atoms with Gasteiger partial charge in [0.15, 0.2) is 11.5 Å². The molecule has 1 fully saturated rings. The van der Waals surface area contributed by atoms with Crippen LogP contribution in [0, 0.1) is 0 Å². The minimum atomic E-state index is -0.444. The summed E-state index contributed by atoms with van der Waals surface area (Å²) in [6.45, 7) is 4.92. The molecule has 0 saturated carbocycles. The van der Waals surface area contributed by atoms with Crippen LogP contribution in [0.15, 0.2) is 24.5 Å². The van der Waals surface area contributed by atoms with Crippen LogP contribution < -0.4 is 14.8 Å². The van der Waals surface area contributed by atoms with Gasteiger partial charge in [-0.3, -0.25) is 9.59 Å². The van der Waals surface area contributed by atoms with Crippen LogP contribution in [0.1, 0.15) is 10.4 Å². The standard InChI is InChI=1S/C15H16N2O4S/c1-9-14(18)16-13-11(7-10(20-2)8-12(13)21-9)15(19)17-3-5-22-6-4-17/h7-8H,1,3-6H2,2H3,(H,16,18). The summed E-state index contributed by atoms with van der Waals surface area (Å²) in [5.41, 5.74) is 0.753. The molecule has 2 heterocycles. The van der Waals surface area contributed by atoms with Crippen molar-refractivity contribution in [2.45, 2.75) is 0 Å². The van der Waals surface area contributed by atoms with Crippen LogP contribution in [0.4, 0.5) is 5.69 Å². The number of benzene rings is 1. The lowest BCUT2D eigenvalue weighted by molar-refractivity contribution is -0.115. The van der Waals surface area contributed by atoms with Crippen molar-refractivity contribution >= 4 is 29.3 Å². The molecule has 116 valence electrons. The van der Waals surface area contributed by atoms with Crippen LogP contribution in [0.2, 0.25) is 0 Å². The van der Waals surface area contributed by atoms with E-state index in [0.717, 1.165) is 11.5 Å². The minimum absolute atomic E-state index is 0.00600. The van der Waals surface area contributed by atoms with Crippen molar-refractivity contribution in [2.75, 3.05) is 37.0 Å². The van der Waals surface area contributed by atoms with Crippen molar-refractivity contribution in [3.8, 4) is 11.5 Å². The average molecular weight is 320 g/mol. The number of anilines is 1. The predicted octanol–water partition coefficient (Wildman–Crippen LogP) is 1.73. The first-order chi connectivity index (χ1) is 10.6. The van der Waals surface area contributed by atoms with E-state index >= 15 is 0 Å². The van der Waals surface area contributed by atoms with Crippen LogP contribution >= 0.6 is 11.8 Å². The van der Waals surface area contributed by atoms with E-state index in [1.54, 1.807) is 17.0 Å². The zero-order chi connectivity index (χ0) is 15.7. The van der Waals surface area contributed by atoms with Crippen LogP contribution in [0.5, 0.6) is 11.5 Å². The number of carbonyl (C=O) groups excluding carboxylic acids is 2. The molecule has 3 rings (SSSR count). The van der Waals surface area contributed by atoms with E-state index < -0.39 is 5.91 Å². The van der Waals surface area contributed by atoms with E-state index in [4.69, 9.17) is 9.47 Å². The zero-order valence-electron chi connectivity index (χ0n) is 12.2. The molecule has 2 aliphatic heterocycles. The highest BCUT2D eigenvalue weighted by molar-refractivity contribution is 7.99. The van der Waals surface area contributed by atoms with Crippen LogP contribution in [-0.2, 0) is 4.79 Å². The molecule has 1 saturated heterocycles. The molecule has 2 amide bonds. The number of thioether (sulfide) groups is 1. The van der Waals surface area contributed by atoms with E-state index in [-0.39, 0.29) is 11.7 Å². The fourth-order valence-electron chi connectivity index (χ4n) is 2.39. The molecule has 22 heavy (non-hydrogen) atoms. The minimum Gasteiger partial charge on any atom is -0.497 e. The number of ether oxygens (including phenoxy) is 2. The van der Waals surface area contributed by atoms with Crippen LogP contribution in [0.25, 0.3) is 0 Å². The SMILES string of the molecule is C=C1Oc2cc(OC)cc(C(=O)N3CCSCC3)c2NC1=O. The number of fused-ring (bicyclic) bond motifs is 1. The lowest BCUT2D eigenvalue weighted by Gasteiger charge is -2.29. The van der Waals surface area contributed by atoms with Gasteiger partial charge < -0.3 is 19.7 Å². The average Bonchev–Trinajstić information content (AvgIpc) is 2.55.